The van der Waals surface area contributed by atoms with E-state index in [-0.39, 0.29) is 17.3 Å². The molecule has 0 saturated carbocycles. The first-order valence-electron chi connectivity index (χ1n) is 10.1. The second kappa shape index (κ2) is 9.22. The fourth-order valence-electron chi connectivity index (χ4n) is 3.69. The average molecular weight is 441 g/mol. The Morgan fingerprint density at radius 1 is 1.06 bits per heavy atom. The largest absolute Gasteiger partial charge is 0.474 e. The van der Waals surface area contributed by atoms with Gasteiger partial charge in [-0.2, -0.15) is 0 Å². The molecule has 2 aromatic carbocycles. The molecule has 1 atom stereocenters. The number of cyclic esters (lactones) is 1. The lowest BCUT2D eigenvalue weighted by atomic mass is 10.2. The zero-order valence-corrected chi connectivity index (χ0v) is 18.0. The number of benzene rings is 2. The van der Waals surface area contributed by atoms with E-state index in [0.29, 0.717) is 32.7 Å². The molecule has 31 heavy (non-hydrogen) atoms. The summed E-state index contributed by atoms with van der Waals surface area (Å²) in [5, 5.41) is 3.16. The molecule has 3 amide bonds. The van der Waals surface area contributed by atoms with E-state index < -0.39 is 6.09 Å². The lowest BCUT2D eigenvalue weighted by Crippen LogP contribution is -2.34. The Kier molecular flexibility index (Phi) is 6.22. The highest BCUT2D eigenvalue weighted by molar-refractivity contribution is 7.80. The van der Waals surface area contributed by atoms with Crippen molar-refractivity contribution in [2.75, 3.05) is 43.1 Å². The van der Waals surface area contributed by atoms with Crippen LogP contribution in [0.1, 0.15) is 5.56 Å². The first-order valence-corrected chi connectivity index (χ1v) is 10.5. The molecule has 2 saturated heterocycles. The number of urea groups is 1. The van der Waals surface area contributed by atoms with Gasteiger partial charge in [0.05, 0.1) is 20.2 Å². The number of nitrogens with zero attached hydrogens (tertiary/aromatic N) is 3. The molecule has 9 heteroatoms. The fourth-order valence-corrected chi connectivity index (χ4v) is 3.78. The van der Waals surface area contributed by atoms with Crippen LogP contribution in [-0.2, 0) is 16.0 Å². The molecular weight excluding hydrogens is 416 g/mol. The maximum Gasteiger partial charge on any atom is 0.414 e. The van der Waals surface area contributed by atoms with Crippen molar-refractivity contribution in [3.8, 4) is 0 Å². The summed E-state index contributed by atoms with van der Waals surface area (Å²) in [4.78, 5) is 30.3. The Balaban J connectivity index is 1.37. The monoisotopic (exact) mass is 440 g/mol. The van der Waals surface area contributed by atoms with Crippen molar-refractivity contribution in [1.29, 1.82) is 0 Å². The van der Waals surface area contributed by atoms with E-state index in [1.807, 2.05) is 59.5 Å². The number of carbonyl (C=O) groups excluding carboxylic acids is 2. The van der Waals surface area contributed by atoms with Crippen molar-refractivity contribution in [3.63, 3.8) is 0 Å². The molecule has 0 radical (unpaired) electrons. The third kappa shape index (κ3) is 4.72. The van der Waals surface area contributed by atoms with Crippen LogP contribution in [0, 0.1) is 0 Å². The minimum atomic E-state index is -0.408. The highest BCUT2D eigenvalue weighted by atomic mass is 32.1. The molecule has 0 aromatic heterocycles. The van der Waals surface area contributed by atoms with Gasteiger partial charge in [0.2, 0.25) is 0 Å². The maximum atomic E-state index is 12.8. The molecule has 1 unspecified atom stereocenters. The molecule has 1 N–H and O–H groups in total. The Morgan fingerprint density at radius 2 is 1.74 bits per heavy atom. The molecule has 2 fully saturated rings. The normalized spacial score (nSPS) is 18.4. The van der Waals surface area contributed by atoms with Crippen LogP contribution >= 0.6 is 12.2 Å². The highest BCUT2D eigenvalue weighted by Crippen LogP contribution is 2.27. The minimum Gasteiger partial charge on any atom is -0.474 e. The molecule has 2 heterocycles. The molecule has 2 aliphatic rings. The van der Waals surface area contributed by atoms with Gasteiger partial charge in [-0.3, -0.25) is 9.80 Å². The number of rotatable bonds is 6. The first-order chi connectivity index (χ1) is 15.0. The van der Waals surface area contributed by atoms with Crippen molar-refractivity contribution in [3.05, 3.63) is 60.2 Å². The summed E-state index contributed by atoms with van der Waals surface area (Å²) >= 11 is 4.94. The Morgan fingerprint density at radius 3 is 2.42 bits per heavy atom. The Labute approximate surface area is 186 Å². The number of hydrogen-bond acceptors (Lipinski definition) is 5. The number of methoxy groups -OCH3 is 1. The molecular formula is C22H24N4O4S. The highest BCUT2D eigenvalue weighted by Gasteiger charge is 2.33. The van der Waals surface area contributed by atoms with E-state index in [1.54, 1.807) is 9.80 Å². The summed E-state index contributed by atoms with van der Waals surface area (Å²) in [5.41, 5.74) is 2.63. The summed E-state index contributed by atoms with van der Waals surface area (Å²) < 4.78 is 10.3. The molecule has 2 aliphatic heterocycles. The average Bonchev–Trinajstić information content (AvgIpc) is 3.35. The molecule has 0 spiro atoms. The number of hydrogen-bond donors (Lipinski definition) is 1. The van der Waals surface area contributed by atoms with Gasteiger partial charge in [0.25, 0.3) is 5.17 Å². The van der Waals surface area contributed by atoms with Crippen molar-refractivity contribution in [2.45, 2.75) is 12.6 Å². The van der Waals surface area contributed by atoms with Gasteiger partial charge in [-0.1, -0.05) is 30.3 Å². The van der Waals surface area contributed by atoms with Crippen molar-refractivity contribution in [2.24, 2.45) is 0 Å². The lowest BCUT2D eigenvalue weighted by molar-refractivity contribution is 0.142. The summed E-state index contributed by atoms with van der Waals surface area (Å²) in [7, 11) is 1.48. The van der Waals surface area contributed by atoms with Crippen LogP contribution in [0.4, 0.5) is 21.0 Å². The maximum absolute atomic E-state index is 12.8. The summed E-state index contributed by atoms with van der Waals surface area (Å²) in [5.74, 6) is 0. The molecule has 2 aromatic rings. The van der Waals surface area contributed by atoms with Crippen LogP contribution in [0.5, 0.6) is 0 Å². The molecule has 162 valence electrons. The molecule has 4 rings (SSSR count). The van der Waals surface area contributed by atoms with E-state index >= 15 is 0 Å². The minimum absolute atomic E-state index is 0.0163. The van der Waals surface area contributed by atoms with Gasteiger partial charge in [0, 0.05) is 31.0 Å². The smallest absolute Gasteiger partial charge is 0.414 e. The zero-order chi connectivity index (χ0) is 21.8. The standard InChI is InChI=1S/C22H24N4O4S/c1-29-20(31)23-13-19-15-26(22(28)30-19)18-9-7-17(8-10-18)25-12-11-24(21(25)27)14-16-5-3-2-4-6-16/h2-10,19H,11-15H2,1H3,(H,23,31). The van der Waals surface area contributed by atoms with Crippen LogP contribution in [0.25, 0.3) is 0 Å². The summed E-state index contributed by atoms with van der Waals surface area (Å²) in [6.45, 7) is 2.68. The number of thiocarbonyl (C=S) groups is 1. The lowest BCUT2D eigenvalue weighted by Gasteiger charge is -2.20. The van der Waals surface area contributed by atoms with Crippen molar-refractivity contribution in [1.82, 2.24) is 10.2 Å². The third-order valence-corrected chi connectivity index (χ3v) is 5.63. The number of carbonyl (C=O) groups is 2. The number of ether oxygens (including phenoxy) is 2. The van der Waals surface area contributed by atoms with E-state index in [9.17, 15) is 9.59 Å². The van der Waals surface area contributed by atoms with E-state index in [2.05, 4.69) is 5.32 Å². The van der Waals surface area contributed by atoms with Crippen LogP contribution in [-0.4, -0.2) is 61.6 Å². The zero-order valence-electron chi connectivity index (χ0n) is 17.2. The number of anilines is 2. The van der Waals surface area contributed by atoms with Gasteiger partial charge in [0.15, 0.2) is 0 Å². The quantitative estimate of drug-likeness (QED) is 0.697. The van der Waals surface area contributed by atoms with Gasteiger partial charge >= 0.3 is 12.1 Å². The number of amides is 3. The first kappa shape index (κ1) is 20.9. The van der Waals surface area contributed by atoms with Crippen LogP contribution in [0.15, 0.2) is 54.6 Å². The fraction of sp³-hybridized carbons (Fsp3) is 0.318. The van der Waals surface area contributed by atoms with Gasteiger partial charge in [-0.15, -0.1) is 0 Å². The van der Waals surface area contributed by atoms with Gasteiger partial charge in [-0.25, -0.2) is 9.59 Å². The second-order valence-electron chi connectivity index (χ2n) is 7.35. The predicted molar refractivity (Wildman–Crippen MR) is 121 cm³/mol. The van der Waals surface area contributed by atoms with E-state index in [0.717, 1.165) is 16.9 Å². The topological polar surface area (TPSA) is 74.4 Å². The Hall–Kier alpha value is -3.33. The van der Waals surface area contributed by atoms with Crippen molar-refractivity contribution < 1.29 is 19.1 Å². The Bertz CT molecular complexity index is 954. The predicted octanol–water partition coefficient (Wildman–Crippen LogP) is 2.97. The van der Waals surface area contributed by atoms with Gasteiger partial charge in [0.1, 0.15) is 6.10 Å². The van der Waals surface area contributed by atoms with Crippen LogP contribution < -0.4 is 15.1 Å². The van der Waals surface area contributed by atoms with E-state index in [1.165, 1.54) is 7.11 Å². The second-order valence-corrected chi connectivity index (χ2v) is 7.72. The molecule has 0 aliphatic carbocycles. The summed E-state index contributed by atoms with van der Waals surface area (Å²) in [6.07, 6.45) is -0.735. The third-order valence-electron chi connectivity index (χ3n) is 5.32. The van der Waals surface area contributed by atoms with Gasteiger partial charge in [-0.05, 0) is 42.0 Å². The molecule has 0 bridgehead atoms. The SMILES string of the molecule is COC(=S)NCC1CN(c2ccc(N3CCN(Cc4ccccc4)C3=O)cc2)C(=O)O1. The summed E-state index contributed by atoms with van der Waals surface area (Å²) in [6, 6.07) is 17.3. The van der Waals surface area contributed by atoms with Gasteiger partial charge < -0.3 is 19.7 Å². The molecule has 8 nitrogen and oxygen atoms in total. The van der Waals surface area contributed by atoms with Crippen molar-refractivity contribution >= 4 is 40.9 Å². The number of nitrogens with one attached hydrogen (secondary N) is 1. The van der Waals surface area contributed by atoms with Crippen LogP contribution in [0.2, 0.25) is 0 Å². The van der Waals surface area contributed by atoms with Crippen LogP contribution in [0.3, 0.4) is 0 Å². The van der Waals surface area contributed by atoms with E-state index in [4.69, 9.17) is 21.7 Å².